The van der Waals surface area contributed by atoms with Crippen LogP contribution in [0, 0.1) is 5.82 Å². The molecule has 0 saturated heterocycles. The van der Waals surface area contributed by atoms with Crippen molar-refractivity contribution in [2.75, 3.05) is 11.7 Å². The molecule has 2 aliphatic heterocycles. The largest absolute Gasteiger partial charge is 0.454 e. The van der Waals surface area contributed by atoms with E-state index in [1.54, 1.807) is 35.2 Å². The molecule has 8 nitrogen and oxygen atoms in total. The van der Waals surface area contributed by atoms with Crippen molar-refractivity contribution in [3.8, 4) is 22.9 Å². The molecule has 0 radical (unpaired) electrons. The quantitative estimate of drug-likeness (QED) is 0.435. The summed E-state index contributed by atoms with van der Waals surface area (Å²) in [4.78, 5) is 19.5. The van der Waals surface area contributed by atoms with Crippen molar-refractivity contribution >= 4 is 17.3 Å². The summed E-state index contributed by atoms with van der Waals surface area (Å²) in [6, 6.07) is 19.9. The van der Waals surface area contributed by atoms with Gasteiger partial charge in [-0.3, -0.25) is 4.90 Å². The van der Waals surface area contributed by atoms with Gasteiger partial charge in [0.25, 0.3) is 5.89 Å². The number of ether oxygens (including phenoxy) is 2. The van der Waals surface area contributed by atoms with Gasteiger partial charge in [0.15, 0.2) is 11.5 Å². The van der Waals surface area contributed by atoms with E-state index in [9.17, 15) is 9.18 Å². The van der Waals surface area contributed by atoms with Gasteiger partial charge in [0.1, 0.15) is 5.82 Å². The number of carbonyl (C=O) groups excluding carboxylic acids is 1. The van der Waals surface area contributed by atoms with Crippen LogP contribution in [-0.4, -0.2) is 23.0 Å². The molecule has 1 unspecified atom stereocenters. The third-order valence-corrected chi connectivity index (χ3v) is 5.99. The van der Waals surface area contributed by atoms with E-state index in [0.717, 1.165) is 5.56 Å². The number of aromatic nitrogens is 2. The van der Waals surface area contributed by atoms with Crippen LogP contribution in [0.1, 0.15) is 24.4 Å². The molecular weight excluding hydrogens is 451 g/mol. The van der Waals surface area contributed by atoms with E-state index in [0.29, 0.717) is 39.8 Å². The normalized spacial score (nSPS) is 17.0. The number of halogens is 1. The Hall–Kier alpha value is -4.66. The van der Waals surface area contributed by atoms with Crippen LogP contribution in [0.5, 0.6) is 11.5 Å². The summed E-state index contributed by atoms with van der Waals surface area (Å²) in [5.74, 6) is 1.40. The summed E-state index contributed by atoms with van der Waals surface area (Å²) in [5.41, 5.74) is 3.35. The fourth-order valence-corrected chi connectivity index (χ4v) is 4.30. The van der Waals surface area contributed by atoms with Crippen molar-refractivity contribution in [2.45, 2.75) is 13.0 Å². The summed E-state index contributed by atoms with van der Waals surface area (Å²) in [5, 5.41) is 7.17. The standard InChI is InChI=1S/C26H19FN4O4/c1-15-22(25-29-24(30-35-25)17-7-9-18(27)10-8-17)23(16-5-3-2-4-6-16)28-26(32)31(15)19-11-12-20-21(13-19)34-14-33-20/h2-13,23H,14H2,1H3,(H,28,32). The summed E-state index contributed by atoms with van der Waals surface area (Å²) in [7, 11) is 0. The average Bonchev–Trinajstić information content (AvgIpc) is 3.54. The molecule has 1 N–H and O–H groups in total. The van der Waals surface area contributed by atoms with E-state index >= 15 is 0 Å². The maximum Gasteiger partial charge on any atom is 0.327 e. The summed E-state index contributed by atoms with van der Waals surface area (Å²) in [6.45, 7) is 1.96. The third kappa shape index (κ3) is 3.67. The van der Waals surface area contributed by atoms with Crippen LogP contribution in [0.15, 0.2) is 83.0 Å². The molecule has 2 amide bonds. The van der Waals surface area contributed by atoms with Crippen molar-refractivity contribution in [3.05, 3.63) is 95.8 Å². The minimum absolute atomic E-state index is 0.134. The Kier molecular flexibility index (Phi) is 4.95. The van der Waals surface area contributed by atoms with E-state index in [2.05, 4.69) is 15.5 Å². The Labute approximate surface area is 199 Å². The predicted molar refractivity (Wildman–Crippen MR) is 125 cm³/mol. The highest BCUT2D eigenvalue weighted by Gasteiger charge is 2.37. The smallest absolute Gasteiger partial charge is 0.327 e. The Morgan fingerprint density at radius 2 is 1.77 bits per heavy atom. The van der Waals surface area contributed by atoms with E-state index in [-0.39, 0.29) is 24.5 Å². The first kappa shape index (κ1) is 20.9. The summed E-state index contributed by atoms with van der Waals surface area (Å²) >= 11 is 0. The Bertz CT molecular complexity index is 1450. The topological polar surface area (TPSA) is 89.7 Å². The Morgan fingerprint density at radius 1 is 1.00 bits per heavy atom. The second-order valence-corrected chi connectivity index (χ2v) is 8.10. The van der Waals surface area contributed by atoms with Crippen LogP contribution in [0.3, 0.4) is 0 Å². The van der Waals surface area contributed by atoms with Crippen LogP contribution in [0.25, 0.3) is 17.0 Å². The van der Waals surface area contributed by atoms with Gasteiger partial charge in [-0.15, -0.1) is 0 Å². The van der Waals surface area contributed by atoms with E-state index in [1.807, 2.05) is 37.3 Å². The lowest BCUT2D eigenvalue weighted by atomic mass is 9.94. The Balaban J connectivity index is 1.48. The lowest BCUT2D eigenvalue weighted by Gasteiger charge is -2.35. The number of amides is 2. The van der Waals surface area contributed by atoms with Gasteiger partial charge >= 0.3 is 6.03 Å². The number of hydrogen-bond acceptors (Lipinski definition) is 6. The van der Waals surface area contributed by atoms with Crippen molar-refractivity contribution < 1.29 is 23.2 Å². The molecule has 4 aromatic rings. The molecule has 6 rings (SSSR count). The van der Waals surface area contributed by atoms with Crippen LogP contribution < -0.4 is 19.7 Å². The number of urea groups is 1. The van der Waals surface area contributed by atoms with Gasteiger partial charge in [-0.1, -0.05) is 35.5 Å². The van der Waals surface area contributed by atoms with Gasteiger partial charge < -0.3 is 19.3 Å². The van der Waals surface area contributed by atoms with Crippen molar-refractivity contribution in [3.63, 3.8) is 0 Å². The SMILES string of the molecule is CC1=C(c2nc(-c3ccc(F)cc3)no2)C(c2ccccc2)NC(=O)N1c1ccc2c(c1)OCO2. The molecular formula is C26H19FN4O4. The molecule has 0 aliphatic carbocycles. The minimum atomic E-state index is -0.518. The second kappa shape index (κ2) is 8.28. The number of anilines is 1. The third-order valence-electron chi connectivity index (χ3n) is 5.99. The lowest BCUT2D eigenvalue weighted by molar-refractivity contribution is 0.174. The fourth-order valence-electron chi connectivity index (χ4n) is 4.30. The van der Waals surface area contributed by atoms with Crippen LogP contribution in [-0.2, 0) is 0 Å². The fraction of sp³-hybridized carbons (Fsp3) is 0.115. The highest BCUT2D eigenvalue weighted by atomic mass is 19.1. The molecule has 1 aromatic heterocycles. The monoisotopic (exact) mass is 470 g/mol. The second-order valence-electron chi connectivity index (χ2n) is 8.10. The summed E-state index contributed by atoms with van der Waals surface area (Å²) in [6.07, 6.45) is 0. The van der Waals surface area contributed by atoms with Gasteiger partial charge in [0.05, 0.1) is 17.3 Å². The molecule has 0 fully saturated rings. The van der Waals surface area contributed by atoms with Crippen LogP contribution >= 0.6 is 0 Å². The molecule has 0 saturated carbocycles. The highest BCUT2D eigenvalue weighted by Crippen LogP contribution is 2.41. The van der Waals surface area contributed by atoms with Crippen molar-refractivity contribution in [2.24, 2.45) is 0 Å². The first-order valence-corrected chi connectivity index (χ1v) is 10.9. The van der Waals surface area contributed by atoms with Crippen LogP contribution in [0.2, 0.25) is 0 Å². The molecule has 0 spiro atoms. The molecule has 174 valence electrons. The van der Waals surface area contributed by atoms with Gasteiger partial charge in [-0.2, -0.15) is 4.98 Å². The Morgan fingerprint density at radius 3 is 2.57 bits per heavy atom. The number of allylic oxidation sites excluding steroid dienone is 1. The van der Waals surface area contributed by atoms with Gasteiger partial charge in [-0.25, -0.2) is 9.18 Å². The average molecular weight is 470 g/mol. The molecule has 2 aliphatic rings. The van der Waals surface area contributed by atoms with Gasteiger partial charge in [0.2, 0.25) is 12.6 Å². The first-order chi connectivity index (χ1) is 17.1. The number of nitrogens with one attached hydrogen (secondary N) is 1. The van der Waals surface area contributed by atoms with E-state index in [1.165, 1.54) is 12.1 Å². The molecule has 3 aromatic carbocycles. The van der Waals surface area contributed by atoms with Crippen molar-refractivity contribution in [1.29, 1.82) is 0 Å². The maximum atomic E-state index is 13.4. The number of fused-ring (bicyclic) bond motifs is 1. The summed E-state index contributed by atoms with van der Waals surface area (Å²) < 4.78 is 29.9. The molecule has 35 heavy (non-hydrogen) atoms. The minimum Gasteiger partial charge on any atom is -0.454 e. The number of carbonyl (C=O) groups is 1. The highest BCUT2D eigenvalue weighted by molar-refractivity contribution is 6.01. The van der Waals surface area contributed by atoms with Crippen molar-refractivity contribution in [1.82, 2.24) is 15.5 Å². The molecule has 0 bridgehead atoms. The van der Waals surface area contributed by atoms with Gasteiger partial charge in [0, 0.05) is 17.3 Å². The van der Waals surface area contributed by atoms with E-state index in [4.69, 9.17) is 14.0 Å². The lowest BCUT2D eigenvalue weighted by Crippen LogP contribution is -2.46. The molecule has 3 heterocycles. The zero-order valence-corrected chi connectivity index (χ0v) is 18.6. The maximum absolute atomic E-state index is 13.4. The zero-order chi connectivity index (χ0) is 23.9. The number of benzene rings is 3. The first-order valence-electron chi connectivity index (χ1n) is 10.9. The molecule has 9 heteroatoms. The van der Waals surface area contributed by atoms with E-state index < -0.39 is 6.04 Å². The van der Waals surface area contributed by atoms with Crippen LogP contribution in [0.4, 0.5) is 14.9 Å². The zero-order valence-electron chi connectivity index (χ0n) is 18.6. The number of hydrogen-bond donors (Lipinski definition) is 1. The number of nitrogens with zero attached hydrogens (tertiary/aromatic N) is 3. The predicted octanol–water partition coefficient (Wildman–Crippen LogP) is 5.31. The van der Waals surface area contributed by atoms with Gasteiger partial charge in [-0.05, 0) is 48.9 Å². The molecule has 1 atom stereocenters. The number of rotatable bonds is 4.